The molecule has 212 valence electrons. The summed E-state index contributed by atoms with van der Waals surface area (Å²) in [5, 5.41) is 8.44. The van der Waals surface area contributed by atoms with Gasteiger partial charge in [0.15, 0.2) is 11.5 Å². The van der Waals surface area contributed by atoms with Crippen molar-refractivity contribution in [2.24, 2.45) is 0 Å². The number of aromatic nitrogens is 3. The zero-order valence-corrected chi connectivity index (χ0v) is 23.3. The molecule has 42 heavy (non-hydrogen) atoms. The number of hydrogen-bond donors (Lipinski definition) is 0. The van der Waals surface area contributed by atoms with Gasteiger partial charge in [0.25, 0.3) is 5.91 Å². The lowest BCUT2D eigenvalue weighted by Gasteiger charge is -2.46. The van der Waals surface area contributed by atoms with E-state index in [0.29, 0.717) is 35.2 Å². The van der Waals surface area contributed by atoms with E-state index in [-0.39, 0.29) is 18.6 Å². The highest BCUT2D eigenvalue weighted by Crippen LogP contribution is 2.44. The molecule has 0 saturated carbocycles. The number of methoxy groups -OCH3 is 2. The second-order valence-corrected chi connectivity index (χ2v) is 9.79. The summed E-state index contributed by atoms with van der Waals surface area (Å²) in [7, 11) is 3.15. The molecule has 1 aliphatic heterocycles. The molecule has 0 aliphatic carbocycles. The summed E-state index contributed by atoms with van der Waals surface area (Å²) in [6.07, 6.45) is 1.19. The summed E-state index contributed by atoms with van der Waals surface area (Å²) in [6, 6.07) is 32.2. The molecule has 2 heterocycles. The summed E-state index contributed by atoms with van der Waals surface area (Å²) in [5.74, 6) is 2.30. The van der Waals surface area contributed by atoms with Crippen molar-refractivity contribution in [3.05, 3.63) is 126 Å². The van der Waals surface area contributed by atoms with Gasteiger partial charge in [0.2, 0.25) is 6.10 Å². The van der Waals surface area contributed by atoms with Gasteiger partial charge in [-0.1, -0.05) is 65.9 Å². The second-order valence-electron chi connectivity index (χ2n) is 9.79. The molecule has 0 spiro atoms. The number of carbonyl (C=O) groups excluding carboxylic acids is 1. The maximum Gasteiger partial charge on any atom is 0.271 e. The summed E-state index contributed by atoms with van der Waals surface area (Å²) < 4.78 is 24.8. The lowest BCUT2D eigenvalue weighted by molar-refractivity contribution is -0.135. The molecule has 1 fully saturated rings. The molecule has 6 rings (SSSR count). The number of β-lactam (4-membered cyclic amide) rings is 1. The van der Waals surface area contributed by atoms with Crippen LogP contribution in [-0.4, -0.2) is 41.2 Å². The number of nitrogens with zero attached hydrogens (tertiary/aromatic N) is 4. The van der Waals surface area contributed by atoms with Crippen LogP contribution >= 0.6 is 0 Å². The molecule has 1 aromatic heterocycles. The van der Waals surface area contributed by atoms with Crippen molar-refractivity contribution in [2.45, 2.75) is 25.3 Å². The van der Waals surface area contributed by atoms with Gasteiger partial charge in [0, 0.05) is 11.8 Å². The van der Waals surface area contributed by atoms with Crippen LogP contribution in [-0.2, 0) is 17.9 Å². The Hall–Kier alpha value is -5.31. The largest absolute Gasteiger partial charge is 0.493 e. The van der Waals surface area contributed by atoms with E-state index < -0.39 is 6.10 Å². The van der Waals surface area contributed by atoms with E-state index >= 15 is 0 Å². The first-order valence-corrected chi connectivity index (χ1v) is 13.6. The number of para-hydroxylation sites is 1. The standard InChI is InChI=1S/C33H30N4O5/c1-39-29-18-15-26(19-30(29)40-2)37-31(32(33(37)38)42-28-11-7-4-8-12-28)24-13-16-27(17-14-24)41-22-25-21-36(35-34-25)20-23-9-5-3-6-10-23/h3-19,21,31-32H,20,22H2,1-2H3. The third kappa shape index (κ3) is 5.62. The highest BCUT2D eigenvalue weighted by Gasteiger charge is 2.51. The van der Waals surface area contributed by atoms with E-state index in [4.69, 9.17) is 18.9 Å². The van der Waals surface area contributed by atoms with E-state index in [1.54, 1.807) is 35.9 Å². The Morgan fingerprint density at radius 2 is 1.50 bits per heavy atom. The van der Waals surface area contributed by atoms with E-state index in [1.807, 2.05) is 85.1 Å². The van der Waals surface area contributed by atoms with Crippen molar-refractivity contribution in [1.29, 1.82) is 0 Å². The van der Waals surface area contributed by atoms with Crippen LogP contribution in [0.5, 0.6) is 23.0 Å². The first-order valence-electron chi connectivity index (χ1n) is 13.6. The minimum Gasteiger partial charge on any atom is -0.493 e. The third-order valence-corrected chi connectivity index (χ3v) is 7.08. The number of benzene rings is 4. The van der Waals surface area contributed by atoms with Crippen LogP contribution in [0.4, 0.5) is 5.69 Å². The van der Waals surface area contributed by atoms with Gasteiger partial charge in [-0.3, -0.25) is 9.69 Å². The average Bonchev–Trinajstić information content (AvgIpc) is 3.49. The minimum absolute atomic E-state index is 0.144. The number of ether oxygens (including phenoxy) is 4. The van der Waals surface area contributed by atoms with Crippen LogP contribution < -0.4 is 23.8 Å². The molecule has 2 atom stereocenters. The van der Waals surface area contributed by atoms with Crippen molar-refractivity contribution in [2.75, 3.05) is 19.1 Å². The van der Waals surface area contributed by atoms with Crippen molar-refractivity contribution in [1.82, 2.24) is 15.0 Å². The zero-order chi connectivity index (χ0) is 28.9. The van der Waals surface area contributed by atoms with Gasteiger partial charge in [-0.25, -0.2) is 4.68 Å². The van der Waals surface area contributed by atoms with Gasteiger partial charge in [-0.15, -0.1) is 5.10 Å². The predicted molar refractivity (Wildman–Crippen MR) is 157 cm³/mol. The summed E-state index contributed by atoms with van der Waals surface area (Å²) in [5.41, 5.74) is 3.48. The van der Waals surface area contributed by atoms with Gasteiger partial charge in [-0.2, -0.15) is 0 Å². The molecule has 0 radical (unpaired) electrons. The van der Waals surface area contributed by atoms with E-state index in [0.717, 1.165) is 16.8 Å². The Labute approximate surface area is 243 Å². The highest BCUT2D eigenvalue weighted by atomic mass is 16.5. The molecule has 0 N–H and O–H groups in total. The number of rotatable bonds is 11. The molecule has 9 nitrogen and oxygen atoms in total. The zero-order valence-electron chi connectivity index (χ0n) is 23.3. The minimum atomic E-state index is -0.688. The van der Waals surface area contributed by atoms with Crippen LogP contribution in [0, 0.1) is 0 Å². The Morgan fingerprint density at radius 3 is 2.21 bits per heavy atom. The second kappa shape index (κ2) is 12.1. The van der Waals surface area contributed by atoms with E-state index in [1.165, 1.54) is 0 Å². The van der Waals surface area contributed by atoms with Crippen LogP contribution in [0.25, 0.3) is 0 Å². The average molecular weight is 563 g/mol. The van der Waals surface area contributed by atoms with E-state index in [9.17, 15) is 4.79 Å². The lowest BCUT2D eigenvalue weighted by atomic mass is 9.89. The normalized spacial score (nSPS) is 16.0. The van der Waals surface area contributed by atoms with E-state index in [2.05, 4.69) is 22.4 Å². The van der Waals surface area contributed by atoms with Gasteiger partial charge < -0.3 is 18.9 Å². The van der Waals surface area contributed by atoms with Gasteiger partial charge in [-0.05, 0) is 47.5 Å². The first-order chi connectivity index (χ1) is 20.6. The topological polar surface area (TPSA) is 87.9 Å². The monoisotopic (exact) mass is 562 g/mol. The molecule has 2 unspecified atom stereocenters. The molecular weight excluding hydrogens is 532 g/mol. The van der Waals surface area contributed by atoms with Crippen LogP contribution in [0.1, 0.15) is 22.9 Å². The van der Waals surface area contributed by atoms with Crippen molar-refractivity contribution in [3.8, 4) is 23.0 Å². The highest BCUT2D eigenvalue weighted by molar-refractivity contribution is 6.05. The Balaban J connectivity index is 1.18. The van der Waals surface area contributed by atoms with Gasteiger partial charge in [0.1, 0.15) is 29.8 Å². The van der Waals surface area contributed by atoms with Crippen LogP contribution in [0.2, 0.25) is 0 Å². The lowest BCUT2D eigenvalue weighted by Crippen LogP contribution is -2.61. The molecule has 0 bridgehead atoms. The molecule has 1 amide bonds. The number of hydrogen-bond acceptors (Lipinski definition) is 7. The summed E-state index contributed by atoms with van der Waals surface area (Å²) in [6.45, 7) is 0.930. The maximum absolute atomic E-state index is 13.4. The molecular formula is C33H30N4O5. The number of amides is 1. The molecule has 5 aromatic rings. The van der Waals surface area contributed by atoms with Crippen LogP contribution in [0.3, 0.4) is 0 Å². The summed E-state index contributed by atoms with van der Waals surface area (Å²) >= 11 is 0. The van der Waals surface area contributed by atoms with Gasteiger partial charge in [0.05, 0.1) is 27.0 Å². The Kier molecular flexibility index (Phi) is 7.72. The predicted octanol–water partition coefficient (Wildman–Crippen LogP) is 5.46. The number of anilines is 1. The molecule has 9 heteroatoms. The molecule has 1 saturated heterocycles. The fourth-order valence-corrected chi connectivity index (χ4v) is 4.98. The SMILES string of the molecule is COc1ccc(N2C(=O)C(Oc3ccccc3)C2c2ccc(OCc3cn(Cc4ccccc4)nn3)cc2)cc1OC. The molecule has 4 aromatic carbocycles. The number of carbonyl (C=O) groups is 1. The van der Waals surface area contributed by atoms with Gasteiger partial charge >= 0.3 is 0 Å². The Morgan fingerprint density at radius 1 is 0.786 bits per heavy atom. The fraction of sp³-hybridized carbons (Fsp3) is 0.182. The maximum atomic E-state index is 13.4. The first kappa shape index (κ1) is 26.9. The fourth-order valence-electron chi connectivity index (χ4n) is 4.98. The smallest absolute Gasteiger partial charge is 0.271 e. The van der Waals surface area contributed by atoms with Crippen molar-refractivity contribution < 1.29 is 23.7 Å². The Bertz CT molecular complexity index is 1640. The summed E-state index contributed by atoms with van der Waals surface area (Å²) in [4.78, 5) is 15.2. The van der Waals surface area contributed by atoms with Crippen LogP contribution in [0.15, 0.2) is 109 Å². The molecule has 1 aliphatic rings. The van der Waals surface area contributed by atoms with Crippen molar-refractivity contribution >= 4 is 11.6 Å². The van der Waals surface area contributed by atoms with Crippen molar-refractivity contribution in [3.63, 3.8) is 0 Å². The third-order valence-electron chi connectivity index (χ3n) is 7.08. The quantitative estimate of drug-likeness (QED) is 0.198.